The summed E-state index contributed by atoms with van der Waals surface area (Å²) in [5.74, 6) is 0.0631. The second-order valence-electron chi connectivity index (χ2n) is 3.20. The van der Waals surface area contributed by atoms with Crippen molar-refractivity contribution >= 4 is 17.9 Å². The van der Waals surface area contributed by atoms with Gasteiger partial charge in [-0.05, 0) is 13.0 Å². The highest BCUT2D eigenvalue weighted by molar-refractivity contribution is 6.35. The Morgan fingerprint density at radius 1 is 1.47 bits per heavy atom. The van der Waals surface area contributed by atoms with E-state index in [0.29, 0.717) is 12.0 Å². The molecule has 1 aromatic carbocycles. The molecule has 0 N–H and O–H groups in total. The number of hydrogen-bond acceptors (Lipinski definition) is 3. The minimum absolute atomic E-state index is 0.0631. The molecular weight excluding hydrogens is 214 g/mol. The van der Waals surface area contributed by atoms with Gasteiger partial charge in [-0.2, -0.15) is 0 Å². The van der Waals surface area contributed by atoms with Crippen LogP contribution in [-0.2, 0) is 0 Å². The van der Waals surface area contributed by atoms with Crippen molar-refractivity contribution in [3.05, 3.63) is 40.6 Å². The van der Waals surface area contributed by atoms with Gasteiger partial charge in [0.1, 0.15) is 10.7 Å². The van der Waals surface area contributed by atoms with Crippen molar-refractivity contribution in [2.45, 2.75) is 6.92 Å². The summed E-state index contributed by atoms with van der Waals surface area (Å²) in [6.07, 6.45) is 0.550. The number of benzene rings is 1. The van der Waals surface area contributed by atoms with E-state index in [1.807, 2.05) is 31.2 Å². The molecule has 0 aliphatic heterocycles. The Kier molecular flexibility index (Phi) is 2.56. The first kappa shape index (κ1) is 9.93. The van der Waals surface area contributed by atoms with E-state index in [1.165, 1.54) is 0 Å². The van der Waals surface area contributed by atoms with Crippen LogP contribution in [0.2, 0.25) is 5.02 Å². The minimum Gasteiger partial charge on any atom is -0.351 e. The number of nitrogens with zero attached hydrogens (tertiary/aromatic N) is 1. The summed E-state index contributed by atoms with van der Waals surface area (Å²) in [5, 5.41) is 4.02. The summed E-state index contributed by atoms with van der Waals surface area (Å²) in [4.78, 5) is 10.5. The van der Waals surface area contributed by atoms with Crippen LogP contribution in [0.3, 0.4) is 0 Å². The summed E-state index contributed by atoms with van der Waals surface area (Å²) in [6, 6.07) is 7.66. The van der Waals surface area contributed by atoms with Gasteiger partial charge in [-0.3, -0.25) is 4.79 Å². The molecule has 76 valence electrons. The molecule has 3 nitrogen and oxygen atoms in total. The largest absolute Gasteiger partial charge is 0.351 e. The van der Waals surface area contributed by atoms with Crippen LogP contribution < -0.4 is 0 Å². The SMILES string of the molecule is Cc1cccc(-c2noc(C=O)c2Cl)c1. The lowest BCUT2D eigenvalue weighted by molar-refractivity contribution is 0.109. The molecular formula is C11H8ClNO2. The van der Waals surface area contributed by atoms with Gasteiger partial charge in [-0.15, -0.1) is 0 Å². The molecule has 0 saturated carbocycles. The van der Waals surface area contributed by atoms with E-state index < -0.39 is 0 Å². The Morgan fingerprint density at radius 2 is 2.27 bits per heavy atom. The zero-order chi connectivity index (χ0) is 10.8. The van der Waals surface area contributed by atoms with E-state index in [0.717, 1.165) is 11.1 Å². The van der Waals surface area contributed by atoms with E-state index in [-0.39, 0.29) is 10.8 Å². The molecule has 0 amide bonds. The lowest BCUT2D eigenvalue weighted by Gasteiger charge is -1.97. The van der Waals surface area contributed by atoms with E-state index in [4.69, 9.17) is 16.1 Å². The fourth-order valence-corrected chi connectivity index (χ4v) is 1.56. The van der Waals surface area contributed by atoms with Gasteiger partial charge in [0, 0.05) is 5.56 Å². The van der Waals surface area contributed by atoms with E-state index in [9.17, 15) is 4.79 Å². The van der Waals surface area contributed by atoms with Crippen LogP contribution in [0.1, 0.15) is 16.1 Å². The Balaban J connectivity index is 2.54. The van der Waals surface area contributed by atoms with Crippen molar-refractivity contribution in [1.29, 1.82) is 0 Å². The van der Waals surface area contributed by atoms with Gasteiger partial charge in [0.15, 0.2) is 6.29 Å². The number of aryl methyl sites for hydroxylation is 1. The second kappa shape index (κ2) is 3.87. The van der Waals surface area contributed by atoms with Crippen LogP contribution in [0, 0.1) is 6.92 Å². The van der Waals surface area contributed by atoms with Crippen molar-refractivity contribution in [1.82, 2.24) is 5.16 Å². The summed E-state index contributed by atoms with van der Waals surface area (Å²) in [7, 11) is 0. The topological polar surface area (TPSA) is 43.1 Å². The molecule has 15 heavy (non-hydrogen) atoms. The fourth-order valence-electron chi connectivity index (χ4n) is 1.34. The average Bonchev–Trinajstić information content (AvgIpc) is 2.59. The molecule has 0 saturated heterocycles. The van der Waals surface area contributed by atoms with Crippen molar-refractivity contribution in [2.75, 3.05) is 0 Å². The molecule has 0 radical (unpaired) electrons. The smallest absolute Gasteiger partial charge is 0.218 e. The van der Waals surface area contributed by atoms with E-state index >= 15 is 0 Å². The Hall–Kier alpha value is -1.61. The Bertz CT molecular complexity index is 505. The third kappa shape index (κ3) is 1.78. The summed E-state index contributed by atoms with van der Waals surface area (Å²) in [5.41, 5.74) is 2.44. The van der Waals surface area contributed by atoms with Crippen LogP contribution >= 0.6 is 11.6 Å². The highest BCUT2D eigenvalue weighted by Crippen LogP contribution is 2.29. The van der Waals surface area contributed by atoms with Gasteiger partial charge in [-0.25, -0.2) is 0 Å². The molecule has 1 heterocycles. The molecule has 0 aliphatic rings. The molecule has 0 aliphatic carbocycles. The maximum Gasteiger partial charge on any atom is 0.218 e. The molecule has 0 unspecified atom stereocenters. The summed E-state index contributed by atoms with van der Waals surface area (Å²) in [6.45, 7) is 1.97. The third-order valence-corrected chi connectivity index (χ3v) is 2.42. The van der Waals surface area contributed by atoms with Gasteiger partial charge in [-0.1, -0.05) is 40.5 Å². The lowest BCUT2D eigenvalue weighted by atomic mass is 10.1. The van der Waals surface area contributed by atoms with Crippen molar-refractivity contribution in [3.63, 3.8) is 0 Å². The molecule has 0 spiro atoms. The van der Waals surface area contributed by atoms with E-state index in [1.54, 1.807) is 0 Å². The third-order valence-electron chi connectivity index (χ3n) is 2.06. The molecule has 2 aromatic rings. The quantitative estimate of drug-likeness (QED) is 0.732. The molecule has 0 atom stereocenters. The monoisotopic (exact) mass is 221 g/mol. The number of carbonyl (C=O) groups is 1. The van der Waals surface area contributed by atoms with Crippen molar-refractivity contribution in [2.24, 2.45) is 0 Å². The first-order valence-electron chi connectivity index (χ1n) is 4.40. The highest BCUT2D eigenvalue weighted by Gasteiger charge is 2.14. The van der Waals surface area contributed by atoms with Gasteiger partial charge >= 0.3 is 0 Å². The number of aldehydes is 1. The number of rotatable bonds is 2. The van der Waals surface area contributed by atoms with Crippen LogP contribution in [0.25, 0.3) is 11.3 Å². The van der Waals surface area contributed by atoms with Crippen LogP contribution in [0.4, 0.5) is 0 Å². The average molecular weight is 222 g/mol. The summed E-state index contributed by atoms with van der Waals surface area (Å²) >= 11 is 5.92. The standard InChI is InChI=1S/C11H8ClNO2/c1-7-3-2-4-8(5-7)11-10(12)9(6-14)15-13-11/h2-6H,1H3. The van der Waals surface area contributed by atoms with Crippen molar-refractivity contribution in [3.8, 4) is 11.3 Å². The predicted octanol–water partition coefficient (Wildman–Crippen LogP) is 3.12. The Morgan fingerprint density at radius 3 is 2.87 bits per heavy atom. The minimum atomic E-state index is 0.0631. The molecule has 2 rings (SSSR count). The maximum absolute atomic E-state index is 10.5. The highest BCUT2D eigenvalue weighted by atomic mass is 35.5. The van der Waals surface area contributed by atoms with Gasteiger partial charge < -0.3 is 4.52 Å². The zero-order valence-electron chi connectivity index (χ0n) is 8.03. The molecule has 0 bridgehead atoms. The fraction of sp³-hybridized carbons (Fsp3) is 0.0909. The zero-order valence-corrected chi connectivity index (χ0v) is 8.78. The van der Waals surface area contributed by atoms with Gasteiger partial charge in [0.25, 0.3) is 0 Å². The molecule has 0 fully saturated rings. The van der Waals surface area contributed by atoms with Gasteiger partial charge in [0.05, 0.1) is 0 Å². The second-order valence-corrected chi connectivity index (χ2v) is 3.57. The van der Waals surface area contributed by atoms with Crippen LogP contribution in [0.5, 0.6) is 0 Å². The predicted molar refractivity (Wildman–Crippen MR) is 57.1 cm³/mol. The first-order valence-corrected chi connectivity index (χ1v) is 4.77. The maximum atomic E-state index is 10.5. The number of halogens is 1. The number of aromatic nitrogens is 1. The van der Waals surface area contributed by atoms with Crippen molar-refractivity contribution < 1.29 is 9.32 Å². The Labute approximate surface area is 91.6 Å². The normalized spacial score (nSPS) is 10.3. The lowest BCUT2D eigenvalue weighted by Crippen LogP contribution is -1.80. The van der Waals surface area contributed by atoms with Crippen LogP contribution in [-0.4, -0.2) is 11.4 Å². The number of hydrogen-bond donors (Lipinski definition) is 0. The molecule has 4 heteroatoms. The summed E-state index contributed by atoms with van der Waals surface area (Å²) < 4.78 is 4.79. The number of carbonyl (C=O) groups excluding carboxylic acids is 1. The van der Waals surface area contributed by atoms with E-state index in [2.05, 4.69) is 5.16 Å². The molecule has 1 aromatic heterocycles. The van der Waals surface area contributed by atoms with Crippen LogP contribution in [0.15, 0.2) is 28.8 Å². The van der Waals surface area contributed by atoms with Gasteiger partial charge in [0.2, 0.25) is 5.76 Å². The first-order chi connectivity index (χ1) is 7.22.